The molecule has 5 heteroatoms. The van der Waals surface area contributed by atoms with E-state index in [2.05, 4.69) is 17.3 Å². The molecule has 1 unspecified atom stereocenters. The van der Waals surface area contributed by atoms with Gasteiger partial charge in [0, 0.05) is 30.4 Å². The number of hydrogen-bond donors (Lipinski definition) is 1. The lowest BCUT2D eigenvalue weighted by molar-refractivity contribution is 0.560. The fourth-order valence-electron chi connectivity index (χ4n) is 2.26. The first kappa shape index (κ1) is 14.7. The predicted octanol–water partition coefficient (Wildman–Crippen LogP) is 3.07. The number of benzene rings is 1. The summed E-state index contributed by atoms with van der Waals surface area (Å²) in [6.07, 6.45) is 5.30. The summed E-state index contributed by atoms with van der Waals surface area (Å²) < 4.78 is 28.3. The first-order valence-corrected chi connectivity index (χ1v) is 6.77. The van der Waals surface area contributed by atoms with Crippen LogP contribution in [0.5, 0.6) is 0 Å². The monoisotopic (exact) mass is 279 g/mol. The summed E-state index contributed by atoms with van der Waals surface area (Å²) in [4.78, 5) is 0. The lowest BCUT2D eigenvalue weighted by Crippen LogP contribution is -2.18. The van der Waals surface area contributed by atoms with Crippen LogP contribution in [0.25, 0.3) is 0 Å². The molecule has 0 fully saturated rings. The van der Waals surface area contributed by atoms with E-state index in [1.807, 2.05) is 17.9 Å². The van der Waals surface area contributed by atoms with Crippen LogP contribution >= 0.6 is 0 Å². The lowest BCUT2D eigenvalue weighted by atomic mass is 10.0. The Morgan fingerprint density at radius 2 is 1.95 bits per heavy atom. The van der Waals surface area contributed by atoms with Gasteiger partial charge < -0.3 is 5.32 Å². The number of nitrogens with zero attached hydrogens (tertiary/aromatic N) is 2. The van der Waals surface area contributed by atoms with Gasteiger partial charge in [-0.1, -0.05) is 6.92 Å². The van der Waals surface area contributed by atoms with Crippen LogP contribution in [0.15, 0.2) is 30.6 Å². The molecule has 0 aliphatic rings. The Bertz CT molecular complexity index is 546. The summed E-state index contributed by atoms with van der Waals surface area (Å²) in [6, 6.07) is 3.60. The van der Waals surface area contributed by atoms with Gasteiger partial charge in [0.15, 0.2) is 0 Å². The number of aromatic nitrogens is 2. The Kier molecular flexibility index (Phi) is 4.84. The van der Waals surface area contributed by atoms with Gasteiger partial charge in [-0.15, -0.1) is 0 Å². The molecule has 0 aliphatic heterocycles. The second kappa shape index (κ2) is 6.61. The maximum atomic E-state index is 13.2. The average Bonchev–Trinajstić information content (AvgIpc) is 2.84. The number of rotatable bonds is 6. The molecule has 2 rings (SSSR count). The van der Waals surface area contributed by atoms with Crippen molar-refractivity contribution < 1.29 is 8.78 Å². The van der Waals surface area contributed by atoms with E-state index >= 15 is 0 Å². The Morgan fingerprint density at radius 1 is 1.25 bits per heavy atom. The smallest absolute Gasteiger partial charge is 0.126 e. The van der Waals surface area contributed by atoms with Crippen molar-refractivity contribution in [1.82, 2.24) is 15.1 Å². The van der Waals surface area contributed by atoms with Gasteiger partial charge in [0.1, 0.15) is 11.6 Å². The molecule has 20 heavy (non-hydrogen) atoms. The summed E-state index contributed by atoms with van der Waals surface area (Å²) in [5.41, 5.74) is 1.65. The molecule has 0 saturated heterocycles. The second-order valence-corrected chi connectivity index (χ2v) is 4.86. The summed E-state index contributed by atoms with van der Waals surface area (Å²) in [5.74, 6) is -1.09. The minimum atomic E-state index is -0.545. The quantitative estimate of drug-likeness (QED) is 0.880. The molecule has 1 N–H and O–H groups in total. The molecule has 3 nitrogen and oxygen atoms in total. The maximum absolute atomic E-state index is 13.2. The molecule has 0 bridgehead atoms. The highest BCUT2D eigenvalue weighted by Gasteiger charge is 2.13. The van der Waals surface area contributed by atoms with E-state index in [1.54, 1.807) is 6.20 Å². The number of hydrogen-bond acceptors (Lipinski definition) is 2. The van der Waals surface area contributed by atoms with Crippen molar-refractivity contribution in [3.8, 4) is 0 Å². The van der Waals surface area contributed by atoms with E-state index in [0.29, 0.717) is 12.0 Å². The molecule has 1 aromatic carbocycles. The van der Waals surface area contributed by atoms with E-state index in [0.717, 1.165) is 24.6 Å². The van der Waals surface area contributed by atoms with Crippen molar-refractivity contribution in [3.05, 3.63) is 53.4 Å². The molecule has 0 aliphatic carbocycles. The third kappa shape index (κ3) is 3.63. The SMILES string of the molecule is CCCn1cc(C(Cc2cc(F)cc(F)c2)NC)cn1. The fraction of sp³-hybridized carbons (Fsp3) is 0.400. The minimum absolute atomic E-state index is 0.0122. The highest BCUT2D eigenvalue weighted by atomic mass is 19.1. The minimum Gasteiger partial charge on any atom is -0.313 e. The molecule has 2 aromatic rings. The Hall–Kier alpha value is -1.75. The van der Waals surface area contributed by atoms with Gasteiger partial charge in [-0.3, -0.25) is 4.68 Å². The molecule has 1 atom stereocenters. The van der Waals surface area contributed by atoms with Crippen LogP contribution in [0.1, 0.15) is 30.5 Å². The number of nitrogens with one attached hydrogen (secondary N) is 1. The largest absolute Gasteiger partial charge is 0.313 e. The zero-order valence-electron chi connectivity index (χ0n) is 11.7. The van der Waals surface area contributed by atoms with Crippen molar-refractivity contribution >= 4 is 0 Å². The summed E-state index contributed by atoms with van der Waals surface area (Å²) in [5, 5.41) is 7.44. The number of halogens is 2. The van der Waals surface area contributed by atoms with Crippen molar-refractivity contribution in [3.63, 3.8) is 0 Å². The third-order valence-corrected chi connectivity index (χ3v) is 3.22. The topological polar surface area (TPSA) is 29.9 Å². The first-order chi connectivity index (χ1) is 9.62. The molecule has 0 amide bonds. The van der Waals surface area contributed by atoms with Crippen LogP contribution < -0.4 is 5.32 Å². The Labute approximate surface area is 117 Å². The van der Waals surface area contributed by atoms with Gasteiger partial charge in [0.2, 0.25) is 0 Å². The van der Waals surface area contributed by atoms with Crippen molar-refractivity contribution in [2.24, 2.45) is 0 Å². The number of aryl methyl sites for hydroxylation is 1. The van der Waals surface area contributed by atoms with Crippen molar-refractivity contribution in [2.45, 2.75) is 32.4 Å². The van der Waals surface area contributed by atoms with Gasteiger partial charge in [0.05, 0.1) is 6.20 Å². The van der Waals surface area contributed by atoms with Gasteiger partial charge in [0.25, 0.3) is 0 Å². The lowest BCUT2D eigenvalue weighted by Gasteiger charge is -2.14. The van der Waals surface area contributed by atoms with E-state index in [9.17, 15) is 8.78 Å². The highest BCUT2D eigenvalue weighted by Crippen LogP contribution is 2.19. The standard InChI is InChI=1S/C15H19F2N3/c1-3-4-20-10-12(9-19-20)15(18-2)7-11-5-13(16)8-14(17)6-11/h5-6,8-10,15,18H,3-4,7H2,1-2H3. The van der Waals surface area contributed by atoms with Gasteiger partial charge >= 0.3 is 0 Å². The number of likely N-dealkylation sites (N-methyl/N-ethyl adjacent to an activating group) is 1. The van der Waals surface area contributed by atoms with Crippen LogP contribution in [0.2, 0.25) is 0 Å². The average molecular weight is 279 g/mol. The summed E-state index contributed by atoms with van der Waals surface area (Å²) in [7, 11) is 1.83. The van der Waals surface area contributed by atoms with Gasteiger partial charge in [-0.2, -0.15) is 5.10 Å². The molecule has 1 heterocycles. The molecule has 1 aromatic heterocycles. The van der Waals surface area contributed by atoms with Crippen molar-refractivity contribution in [1.29, 1.82) is 0 Å². The maximum Gasteiger partial charge on any atom is 0.126 e. The molecule has 0 spiro atoms. The van der Waals surface area contributed by atoms with Crippen LogP contribution in [-0.2, 0) is 13.0 Å². The fourth-order valence-corrected chi connectivity index (χ4v) is 2.26. The van der Waals surface area contributed by atoms with Gasteiger partial charge in [-0.05, 0) is 37.6 Å². The van der Waals surface area contributed by atoms with Crippen LogP contribution in [0.3, 0.4) is 0 Å². The summed E-state index contributed by atoms with van der Waals surface area (Å²) in [6.45, 7) is 2.96. The molecule has 108 valence electrons. The third-order valence-electron chi connectivity index (χ3n) is 3.22. The van der Waals surface area contributed by atoms with E-state index in [-0.39, 0.29) is 6.04 Å². The summed E-state index contributed by atoms with van der Waals surface area (Å²) >= 11 is 0. The normalized spacial score (nSPS) is 12.6. The Morgan fingerprint density at radius 3 is 2.55 bits per heavy atom. The molecule has 0 saturated carbocycles. The molecular formula is C15H19F2N3. The second-order valence-electron chi connectivity index (χ2n) is 4.86. The van der Waals surface area contributed by atoms with Crippen LogP contribution in [0.4, 0.5) is 8.78 Å². The van der Waals surface area contributed by atoms with Crippen molar-refractivity contribution in [2.75, 3.05) is 7.05 Å². The first-order valence-electron chi connectivity index (χ1n) is 6.77. The van der Waals surface area contributed by atoms with Crippen LogP contribution in [0, 0.1) is 11.6 Å². The molecular weight excluding hydrogens is 260 g/mol. The van der Waals surface area contributed by atoms with E-state index in [1.165, 1.54) is 12.1 Å². The van der Waals surface area contributed by atoms with E-state index in [4.69, 9.17) is 0 Å². The highest BCUT2D eigenvalue weighted by molar-refractivity contribution is 5.22. The zero-order chi connectivity index (χ0) is 14.5. The molecule has 0 radical (unpaired) electrons. The zero-order valence-corrected chi connectivity index (χ0v) is 11.7. The predicted molar refractivity (Wildman–Crippen MR) is 74.4 cm³/mol. The van der Waals surface area contributed by atoms with Crippen LogP contribution in [-0.4, -0.2) is 16.8 Å². The van der Waals surface area contributed by atoms with Gasteiger partial charge in [-0.25, -0.2) is 8.78 Å². The van der Waals surface area contributed by atoms with E-state index < -0.39 is 11.6 Å². The Balaban J connectivity index is 2.15.